The van der Waals surface area contributed by atoms with E-state index in [1.165, 1.54) is 0 Å². The molecule has 0 bridgehead atoms. The van der Waals surface area contributed by atoms with Gasteiger partial charge < -0.3 is 9.72 Å². The summed E-state index contributed by atoms with van der Waals surface area (Å²) in [4.78, 5) is 25.1. The van der Waals surface area contributed by atoms with Crippen molar-refractivity contribution in [3.8, 4) is 0 Å². The number of para-hydroxylation sites is 1. The van der Waals surface area contributed by atoms with Gasteiger partial charge in [-0.15, -0.1) is 0 Å². The number of nitrogens with zero attached hydrogens (tertiary/aromatic N) is 1. The van der Waals surface area contributed by atoms with Gasteiger partial charge in [0, 0.05) is 22.0 Å². The van der Waals surface area contributed by atoms with Gasteiger partial charge in [-0.1, -0.05) is 25.1 Å². The largest absolute Gasteiger partial charge is 0.464 e. The maximum absolute atomic E-state index is 11.6. The molecule has 0 unspecified atom stereocenters. The highest BCUT2D eigenvalue weighted by Gasteiger charge is 2.38. The monoisotopic (exact) mass is 262 g/mol. The first-order valence-corrected chi connectivity index (χ1v) is 5.83. The van der Waals surface area contributed by atoms with Gasteiger partial charge in [0.15, 0.2) is 0 Å². The van der Waals surface area contributed by atoms with Gasteiger partial charge in [0.25, 0.3) is 0 Å². The van der Waals surface area contributed by atoms with Gasteiger partial charge in [-0.05, 0) is 11.6 Å². The Bertz CT molecular complexity index is 620. The minimum absolute atomic E-state index is 0.571. The van der Waals surface area contributed by atoms with Crippen LogP contribution in [0.1, 0.15) is 18.4 Å². The zero-order valence-electron chi connectivity index (χ0n) is 10.6. The van der Waals surface area contributed by atoms with Crippen LogP contribution in [0.15, 0.2) is 30.5 Å². The van der Waals surface area contributed by atoms with Gasteiger partial charge in [0.1, 0.15) is 0 Å². The second-order valence-corrected chi connectivity index (χ2v) is 4.33. The Kier molecular flexibility index (Phi) is 3.50. The van der Waals surface area contributed by atoms with Crippen LogP contribution in [0, 0.1) is 10.1 Å². The van der Waals surface area contributed by atoms with Gasteiger partial charge in [-0.3, -0.25) is 10.1 Å². The highest BCUT2D eigenvalue weighted by atomic mass is 16.6. The van der Waals surface area contributed by atoms with Gasteiger partial charge in [0.05, 0.1) is 13.0 Å². The molecule has 0 spiro atoms. The van der Waals surface area contributed by atoms with Crippen molar-refractivity contribution in [2.24, 2.45) is 0 Å². The molecule has 19 heavy (non-hydrogen) atoms. The van der Waals surface area contributed by atoms with Crippen LogP contribution < -0.4 is 0 Å². The number of carbonyl (C=O) groups is 1. The molecule has 6 nitrogen and oxygen atoms in total. The molecule has 2 aromatic rings. The number of hydrogen-bond donors (Lipinski definition) is 1. The summed E-state index contributed by atoms with van der Waals surface area (Å²) in [5.74, 6) is -1.40. The molecule has 2 atom stereocenters. The number of ether oxygens (including phenoxy) is 1. The molecule has 6 heteroatoms. The second-order valence-electron chi connectivity index (χ2n) is 4.33. The smallest absolute Gasteiger partial charge is 0.382 e. The molecule has 1 aromatic carbocycles. The van der Waals surface area contributed by atoms with Crippen LogP contribution in [0.25, 0.3) is 10.9 Å². The number of fused-ring (bicyclic) bond motifs is 1. The average molecular weight is 262 g/mol. The van der Waals surface area contributed by atoms with Crippen molar-refractivity contribution in [2.75, 3.05) is 7.11 Å². The van der Waals surface area contributed by atoms with Crippen molar-refractivity contribution in [3.05, 3.63) is 46.1 Å². The second kappa shape index (κ2) is 5.09. The number of aromatic nitrogens is 1. The molecule has 0 fully saturated rings. The lowest BCUT2D eigenvalue weighted by Gasteiger charge is -2.14. The Morgan fingerprint density at radius 2 is 2.11 bits per heavy atom. The molecule has 1 N–H and O–H groups in total. The van der Waals surface area contributed by atoms with E-state index in [1.807, 2.05) is 24.3 Å². The molecular weight excluding hydrogens is 248 g/mol. The van der Waals surface area contributed by atoms with Crippen molar-refractivity contribution in [1.29, 1.82) is 0 Å². The van der Waals surface area contributed by atoms with E-state index in [1.54, 1.807) is 13.1 Å². The minimum Gasteiger partial charge on any atom is -0.464 e. The zero-order chi connectivity index (χ0) is 14.0. The van der Waals surface area contributed by atoms with E-state index in [9.17, 15) is 14.9 Å². The number of carbonyl (C=O) groups excluding carboxylic acids is 1. The lowest BCUT2D eigenvalue weighted by Crippen LogP contribution is -2.35. The molecule has 1 aromatic heterocycles. The van der Waals surface area contributed by atoms with E-state index in [-0.39, 0.29) is 0 Å². The van der Waals surface area contributed by atoms with E-state index in [0.29, 0.717) is 0 Å². The van der Waals surface area contributed by atoms with Crippen molar-refractivity contribution >= 4 is 16.9 Å². The summed E-state index contributed by atoms with van der Waals surface area (Å²) in [7, 11) is 1.15. The number of nitro groups is 1. The third kappa shape index (κ3) is 2.29. The van der Waals surface area contributed by atoms with E-state index < -0.39 is 22.9 Å². The number of nitrogens with one attached hydrogen (secondary N) is 1. The highest BCUT2D eigenvalue weighted by Crippen LogP contribution is 2.29. The number of H-pyrrole nitrogens is 1. The van der Waals surface area contributed by atoms with Crippen LogP contribution in [0.3, 0.4) is 0 Å². The fourth-order valence-corrected chi connectivity index (χ4v) is 2.23. The quantitative estimate of drug-likeness (QED) is 0.519. The maximum atomic E-state index is 11.6. The van der Waals surface area contributed by atoms with Crippen LogP contribution in [-0.4, -0.2) is 29.0 Å². The molecule has 0 aliphatic carbocycles. The molecule has 0 saturated heterocycles. The predicted octanol–water partition coefficient (Wildman–Crippen LogP) is 2.09. The third-order valence-electron chi connectivity index (χ3n) is 3.26. The highest BCUT2D eigenvalue weighted by molar-refractivity contribution is 5.85. The van der Waals surface area contributed by atoms with Crippen LogP contribution in [0.2, 0.25) is 0 Å². The Hall–Kier alpha value is -2.37. The van der Waals surface area contributed by atoms with E-state index in [4.69, 9.17) is 0 Å². The topological polar surface area (TPSA) is 85.2 Å². The number of esters is 1. The molecule has 2 rings (SSSR count). The van der Waals surface area contributed by atoms with E-state index in [0.717, 1.165) is 23.6 Å². The summed E-state index contributed by atoms with van der Waals surface area (Å²) in [6.45, 7) is 1.65. The van der Waals surface area contributed by atoms with E-state index >= 15 is 0 Å². The Balaban J connectivity index is 2.44. The maximum Gasteiger partial charge on any atom is 0.382 e. The molecular formula is C13H14N2O4. The van der Waals surface area contributed by atoms with Gasteiger partial charge in [0.2, 0.25) is 0 Å². The Morgan fingerprint density at radius 3 is 2.74 bits per heavy atom. The molecule has 100 valence electrons. The fourth-order valence-electron chi connectivity index (χ4n) is 2.23. The summed E-state index contributed by atoms with van der Waals surface area (Å²) in [5.41, 5.74) is 1.62. The first-order chi connectivity index (χ1) is 9.06. The van der Waals surface area contributed by atoms with Gasteiger partial charge in [-0.25, -0.2) is 4.79 Å². The van der Waals surface area contributed by atoms with Crippen LogP contribution >= 0.6 is 0 Å². The van der Waals surface area contributed by atoms with Crippen molar-refractivity contribution in [3.63, 3.8) is 0 Å². The standard InChI is InChI=1S/C13H14N2O4/c1-8(12(15(17)18)13(16)19-2)10-7-14-11-6-4-3-5-9(10)11/h3-8,12,14H,1-2H3/t8-,12-/m1/s1. The Morgan fingerprint density at radius 1 is 1.42 bits per heavy atom. The fraction of sp³-hybridized carbons (Fsp3) is 0.308. The first-order valence-electron chi connectivity index (χ1n) is 5.83. The molecule has 0 radical (unpaired) electrons. The van der Waals surface area contributed by atoms with Crippen LogP contribution in [0.4, 0.5) is 0 Å². The summed E-state index contributed by atoms with van der Waals surface area (Å²) < 4.78 is 4.51. The zero-order valence-corrected chi connectivity index (χ0v) is 10.6. The lowest BCUT2D eigenvalue weighted by atomic mass is 9.93. The van der Waals surface area contributed by atoms with Crippen molar-refractivity contribution in [1.82, 2.24) is 4.98 Å². The molecule has 0 saturated carbocycles. The number of rotatable bonds is 4. The van der Waals surface area contributed by atoms with Gasteiger partial charge in [-0.2, -0.15) is 0 Å². The number of hydrogen-bond acceptors (Lipinski definition) is 4. The Labute approximate surface area is 109 Å². The minimum atomic E-state index is -1.40. The van der Waals surface area contributed by atoms with Gasteiger partial charge >= 0.3 is 12.0 Å². The van der Waals surface area contributed by atoms with Crippen molar-refractivity contribution < 1.29 is 14.5 Å². The molecule has 0 aliphatic heterocycles. The molecule has 0 amide bonds. The van der Waals surface area contributed by atoms with Crippen LogP contribution in [0.5, 0.6) is 0 Å². The van der Waals surface area contributed by atoms with E-state index in [2.05, 4.69) is 9.72 Å². The van der Waals surface area contributed by atoms with Crippen molar-refractivity contribution in [2.45, 2.75) is 18.9 Å². The SMILES string of the molecule is COC(=O)[C@@H]([C@H](C)c1c[nH]c2ccccc12)[N+](=O)[O-]. The third-order valence-corrected chi connectivity index (χ3v) is 3.26. The predicted molar refractivity (Wildman–Crippen MR) is 69.5 cm³/mol. The first kappa shape index (κ1) is 13.1. The summed E-state index contributed by atoms with van der Waals surface area (Å²) in [6.07, 6.45) is 1.70. The number of methoxy groups -OCH3 is 1. The molecule has 0 aliphatic rings. The molecule has 1 heterocycles. The summed E-state index contributed by atoms with van der Waals surface area (Å²) >= 11 is 0. The summed E-state index contributed by atoms with van der Waals surface area (Å²) in [6, 6.07) is 6.07. The number of aromatic amines is 1. The average Bonchev–Trinajstić information content (AvgIpc) is 2.81. The number of benzene rings is 1. The van der Waals surface area contributed by atoms with Crippen LogP contribution in [-0.2, 0) is 9.53 Å². The normalized spacial score (nSPS) is 14.0. The lowest BCUT2D eigenvalue weighted by molar-refractivity contribution is -0.513. The summed E-state index contributed by atoms with van der Waals surface area (Å²) in [5, 5.41) is 11.9.